The van der Waals surface area contributed by atoms with E-state index in [1.165, 1.54) is 13.2 Å². The molecule has 0 aliphatic heterocycles. The zero-order valence-electron chi connectivity index (χ0n) is 13.4. The molecule has 0 N–H and O–H groups in total. The van der Waals surface area contributed by atoms with Crippen LogP contribution in [0.1, 0.15) is 11.5 Å². The fourth-order valence-electron chi connectivity index (χ4n) is 2.34. The Morgan fingerprint density at radius 1 is 1.25 bits per heavy atom. The Morgan fingerprint density at radius 3 is 2.83 bits per heavy atom. The Morgan fingerprint density at radius 2 is 2.12 bits per heavy atom. The molecule has 0 unspecified atom stereocenters. The predicted molar refractivity (Wildman–Crippen MR) is 85.7 cm³/mol. The monoisotopic (exact) mass is 328 g/mol. The van der Waals surface area contributed by atoms with Gasteiger partial charge in [-0.25, -0.2) is 4.39 Å². The van der Waals surface area contributed by atoms with E-state index in [0.29, 0.717) is 24.8 Å². The van der Waals surface area contributed by atoms with Gasteiger partial charge in [0.25, 0.3) is 0 Å². The van der Waals surface area contributed by atoms with E-state index in [0.717, 1.165) is 11.1 Å². The van der Waals surface area contributed by atoms with Crippen molar-refractivity contribution in [2.45, 2.75) is 13.1 Å². The van der Waals surface area contributed by atoms with Gasteiger partial charge in [0.2, 0.25) is 11.7 Å². The first-order valence-electron chi connectivity index (χ1n) is 7.39. The van der Waals surface area contributed by atoms with Gasteiger partial charge in [0.1, 0.15) is 0 Å². The third-order valence-electron chi connectivity index (χ3n) is 3.46. The topological polar surface area (TPSA) is 64.3 Å². The van der Waals surface area contributed by atoms with Gasteiger partial charge in [-0.3, -0.25) is 9.88 Å². The Balaban J connectivity index is 1.64. The van der Waals surface area contributed by atoms with E-state index >= 15 is 0 Å². The summed E-state index contributed by atoms with van der Waals surface area (Å²) in [6.07, 6.45) is 3.37. The third kappa shape index (κ3) is 3.75. The van der Waals surface area contributed by atoms with Crippen LogP contribution in [0.15, 0.2) is 47.2 Å². The molecule has 124 valence electrons. The van der Waals surface area contributed by atoms with E-state index in [2.05, 4.69) is 15.1 Å². The molecular formula is C17H17FN4O2. The first-order chi connectivity index (χ1) is 11.7. The summed E-state index contributed by atoms with van der Waals surface area (Å²) in [4.78, 5) is 10.3. The Labute approximate surface area is 138 Å². The van der Waals surface area contributed by atoms with Gasteiger partial charge in [-0.05, 0) is 36.9 Å². The molecule has 24 heavy (non-hydrogen) atoms. The van der Waals surface area contributed by atoms with Crippen molar-refractivity contribution in [1.82, 2.24) is 20.0 Å². The van der Waals surface area contributed by atoms with Gasteiger partial charge in [-0.2, -0.15) is 4.98 Å². The minimum Gasteiger partial charge on any atom is -0.494 e. The number of aromatic nitrogens is 3. The number of ether oxygens (including phenoxy) is 1. The summed E-state index contributed by atoms with van der Waals surface area (Å²) in [5.41, 5.74) is 1.63. The highest BCUT2D eigenvalue weighted by molar-refractivity contribution is 5.51. The molecule has 0 bridgehead atoms. The lowest BCUT2D eigenvalue weighted by atomic mass is 10.2. The normalized spacial score (nSPS) is 11.0. The molecule has 0 atom stereocenters. The Hall–Kier alpha value is -2.80. The SMILES string of the molecule is COc1ccc(CN(C)Cc2nc(-c3cccnc3)no2)cc1F. The average Bonchev–Trinajstić information content (AvgIpc) is 3.04. The summed E-state index contributed by atoms with van der Waals surface area (Å²) in [6.45, 7) is 1.01. The minimum absolute atomic E-state index is 0.236. The maximum absolute atomic E-state index is 13.7. The van der Waals surface area contributed by atoms with Gasteiger partial charge in [0, 0.05) is 24.5 Å². The van der Waals surface area contributed by atoms with E-state index < -0.39 is 0 Å². The molecule has 2 heterocycles. The molecule has 7 heteroatoms. The van der Waals surface area contributed by atoms with Crippen molar-refractivity contribution in [2.24, 2.45) is 0 Å². The number of halogens is 1. The van der Waals surface area contributed by atoms with E-state index in [9.17, 15) is 4.39 Å². The van der Waals surface area contributed by atoms with Gasteiger partial charge >= 0.3 is 0 Å². The molecule has 0 amide bonds. The summed E-state index contributed by atoms with van der Waals surface area (Å²) in [5.74, 6) is 0.854. The molecule has 0 spiro atoms. The van der Waals surface area contributed by atoms with Crippen LogP contribution in [0.3, 0.4) is 0 Å². The van der Waals surface area contributed by atoms with Crippen LogP contribution in [0.4, 0.5) is 4.39 Å². The summed E-state index contributed by atoms with van der Waals surface area (Å²) < 4.78 is 23.9. The quantitative estimate of drug-likeness (QED) is 0.693. The number of hydrogen-bond donors (Lipinski definition) is 0. The summed E-state index contributed by atoms with van der Waals surface area (Å²) in [5, 5.41) is 3.95. The lowest BCUT2D eigenvalue weighted by Gasteiger charge is -2.14. The first kappa shape index (κ1) is 16.1. The number of hydrogen-bond acceptors (Lipinski definition) is 6. The van der Waals surface area contributed by atoms with Crippen molar-refractivity contribution in [2.75, 3.05) is 14.2 Å². The molecule has 3 rings (SSSR count). The molecule has 0 saturated carbocycles. The Kier molecular flexibility index (Phi) is 4.81. The van der Waals surface area contributed by atoms with Crippen molar-refractivity contribution in [3.8, 4) is 17.1 Å². The smallest absolute Gasteiger partial charge is 0.241 e. The second-order valence-corrected chi connectivity index (χ2v) is 5.39. The molecule has 3 aromatic rings. The fourth-order valence-corrected chi connectivity index (χ4v) is 2.34. The van der Waals surface area contributed by atoms with E-state index in [1.807, 2.05) is 30.1 Å². The van der Waals surface area contributed by atoms with Crippen molar-refractivity contribution >= 4 is 0 Å². The third-order valence-corrected chi connectivity index (χ3v) is 3.46. The molecule has 1 aromatic carbocycles. The van der Waals surface area contributed by atoms with Crippen LogP contribution in [0.5, 0.6) is 5.75 Å². The predicted octanol–water partition coefficient (Wildman–Crippen LogP) is 2.91. The van der Waals surface area contributed by atoms with Crippen LogP contribution in [0, 0.1) is 5.82 Å². The van der Waals surface area contributed by atoms with Gasteiger partial charge in [0.15, 0.2) is 11.6 Å². The van der Waals surface area contributed by atoms with Crippen LogP contribution in [0.2, 0.25) is 0 Å². The van der Waals surface area contributed by atoms with Gasteiger partial charge in [-0.15, -0.1) is 0 Å². The molecular weight excluding hydrogens is 311 g/mol. The molecule has 2 aromatic heterocycles. The van der Waals surface area contributed by atoms with E-state index in [-0.39, 0.29) is 11.6 Å². The van der Waals surface area contributed by atoms with Crippen LogP contribution < -0.4 is 4.74 Å². The zero-order valence-corrected chi connectivity index (χ0v) is 13.4. The number of pyridine rings is 1. The molecule has 0 aliphatic carbocycles. The number of benzene rings is 1. The highest BCUT2D eigenvalue weighted by Crippen LogP contribution is 2.19. The molecule has 0 fully saturated rings. The largest absolute Gasteiger partial charge is 0.494 e. The van der Waals surface area contributed by atoms with E-state index in [1.54, 1.807) is 18.5 Å². The highest BCUT2D eigenvalue weighted by Gasteiger charge is 2.12. The number of methoxy groups -OCH3 is 1. The van der Waals surface area contributed by atoms with Crippen LogP contribution in [-0.2, 0) is 13.1 Å². The molecule has 0 saturated heterocycles. The number of nitrogens with zero attached hydrogens (tertiary/aromatic N) is 4. The lowest BCUT2D eigenvalue weighted by molar-refractivity contribution is 0.260. The second-order valence-electron chi connectivity index (χ2n) is 5.39. The minimum atomic E-state index is -0.375. The van der Waals surface area contributed by atoms with E-state index in [4.69, 9.17) is 9.26 Å². The highest BCUT2D eigenvalue weighted by atomic mass is 19.1. The van der Waals surface area contributed by atoms with Gasteiger partial charge in [-0.1, -0.05) is 11.2 Å². The number of rotatable bonds is 6. The van der Waals surface area contributed by atoms with Crippen molar-refractivity contribution in [3.05, 3.63) is 60.0 Å². The second kappa shape index (κ2) is 7.18. The molecule has 0 aliphatic rings. The standard InChI is InChI=1S/C17H17FN4O2/c1-22(10-12-5-6-15(23-2)14(18)8-12)11-16-20-17(21-24-16)13-4-3-7-19-9-13/h3-9H,10-11H2,1-2H3. The van der Waals surface area contributed by atoms with Crippen molar-refractivity contribution < 1.29 is 13.7 Å². The van der Waals surface area contributed by atoms with Crippen LogP contribution >= 0.6 is 0 Å². The summed E-state index contributed by atoms with van der Waals surface area (Å²) >= 11 is 0. The first-order valence-corrected chi connectivity index (χ1v) is 7.39. The van der Waals surface area contributed by atoms with Crippen molar-refractivity contribution in [1.29, 1.82) is 0 Å². The van der Waals surface area contributed by atoms with Crippen LogP contribution in [-0.4, -0.2) is 34.2 Å². The lowest BCUT2D eigenvalue weighted by Crippen LogP contribution is -2.17. The maximum atomic E-state index is 13.7. The zero-order chi connectivity index (χ0) is 16.9. The van der Waals surface area contributed by atoms with Gasteiger partial charge < -0.3 is 9.26 Å². The fraction of sp³-hybridized carbons (Fsp3) is 0.235. The van der Waals surface area contributed by atoms with Gasteiger partial charge in [0.05, 0.1) is 13.7 Å². The average molecular weight is 328 g/mol. The summed E-state index contributed by atoms with van der Waals surface area (Å²) in [6, 6.07) is 8.59. The molecule has 6 nitrogen and oxygen atoms in total. The maximum Gasteiger partial charge on any atom is 0.241 e. The Bertz CT molecular complexity index is 807. The summed E-state index contributed by atoms with van der Waals surface area (Å²) in [7, 11) is 3.34. The van der Waals surface area contributed by atoms with Crippen LogP contribution in [0.25, 0.3) is 11.4 Å². The van der Waals surface area contributed by atoms with Crippen molar-refractivity contribution in [3.63, 3.8) is 0 Å². The molecule has 0 radical (unpaired) electrons.